The maximum atomic E-state index is 13.1. The zero-order valence-corrected chi connectivity index (χ0v) is 18.7. The fourth-order valence-electron chi connectivity index (χ4n) is 3.92. The molecule has 1 amide bonds. The molecule has 1 aliphatic rings. The number of aromatic nitrogens is 2. The van der Waals surface area contributed by atoms with Crippen LogP contribution in [0.4, 0.5) is 5.69 Å². The number of carbonyl (C=O) groups excluding carboxylic acids is 1. The molecule has 31 heavy (non-hydrogen) atoms. The number of aryl methyl sites for hydroxylation is 3. The van der Waals surface area contributed by atoms with E-state index >= 15 is 0 Å². The number of carbonyl (C=O) groups is 1. The van der Waals surface area contributed by atoms with E-state index in [1.165, 1.54) is 0 Å². The average Bonchev–Trinajstić information content (AvgIpc) is 3.38. The smallest absolute Gasteiger partial charge is 0.261 e. The molecule has 1 atom stereocenters. The topological polar surface area (TPSA) is 84.3 Å². The predicted molar refractivity (Wildman–Crippen MR) is 119 cm³/mol. The molecule has 0 radical (unpaired) electrons. The highest BCUT2D eigenvalue weighted by atomic mass is 32.2. The molecule has 1 N–H and O–H groups in total. The first-order chi connectivity index (χ1) is 14.8. The first-order valence-electron chi connectivity index (χ1n) is 10.2. The summed E-state index contributed by atoms with van der Waals surface area (Å²) in [4.78, 5) is 19.6. The summed E-state index contributed by atoms with van der Waals surface area (Å²) in [5.74, 6) is 0.803. The average molecular weight is 439 g/mol. The lowest BCUT2D eigenvalue weighted by Gasteiger charge is -2.24. The lowest BCUT2D eigenvalue weighted by Crippen LogP contribution is -2.31. The number of amides is 1. The second-order valence-electron chi connectivity index (χ2n) is 7.98. The van der Waals surface area contributed by atoms with E-state index < -0.39 is 10.0 Å². The van der Waals surface area contributed by atoms with Crippen LogP contribution in [-0.2, 0) is 17.1 Å². The highest BCUT2D eigenvalue weighted by Gasteiger charge is 2.32. The van der Waals surface area contributed by atoms with Crippen LogP contribution in [0.5, 0.6) is 0 Å². The summed E-state index contributed by atoms with van der Waals surface area (Å²) in [5, 5.41) is 0. The summed E-state index contributed by atoms with van der Waals surface area (Å²) in [7, 11) is -1.77. The molecule has 162 valence electrons. The Morgan fingerprint density at radius 2 is 1.84 bits per heavy atom. The number of imidazole rings is 1. The van der Waals surface area contributed by atoms with E-state index in [1.807, 2.05) is 36.6 Å². The maximum absolute atomic E-state index is 13.1. The third-order valence-corrected chi connectivity index (χ3v) is 7.22. The number of hydrogen-bond acceptors (Lipinski definition) is 4. The van der Waals surface area contributed by atoms with Crippen LogP contribution in [0, 0.1) is 13.8 Å². The van der Waals surface area contributed by atoms with Crippen molar-refractivity contribution in [2.45, 2.75) is 37.6 Å². The summed E-state index contributed by atoms with van der Waals surface area (Å²) < 4.78 is 29.9. The Balaban J connectivity index is 1.50. The van der Waals surface area contributed by atoms with Gasteiger partial charge in [-0.15, -0.1) is 0 Å². The van der Waals surface area contributed by atoms with E-state index in [4.69, 9.17) is 0 Å². The van der Waals surface area contributed by atoms with Gasteiger partial charge in [0.1, 0.15) is 5.82 Å². The molecule has 0 aliphatic carbocycles. The molecule has 8 heteroatoms. The van der Waals surface area contributed by atoms with Crippen molar-refractivity contribution < 1.29 is 13.2 Å². The summed E-state index contributed by atoms with van der Waals surface area (Å²) >= 11 is 0. The number of anilines is 1. The van der Waals surface area contributed by atoms with Crippen molar-refractivity contribution in [2.24, 2.45) is 7.05 Å². The minimum atomic E-state index is -3.70. The molecule has 1 unspecified atom stereocenters. The van der Waals surface area contributed by atoms with Crippen LogP contribution in [0.1, 0.15) is 46.2 Å². The summed E-state index contributed by atoms with van der Waals surface area (Å²) in [6, 6.07) is 11.6. The van der Waals surface area contributed by atoms with Gasteiger partial charge in [0.25, 0.3) is 15.9 Å². The van der Waals surface area contributed by atoms with Crippen molar-refractivity contribution in [1.82, 2.24) is 14.5 Å². The van der Waals surface area contributed by atoms with E-state index in [1.54, 1.807) is 48.7 Å². The van der Waals surface area contributed by atoms with Gasteiger partial charge in [-0.05, 0) is 74.2 Å². The number of sulfonamides is 1. The second kappa shape index (κ2) is 8.19. The van der Waals surface area contributed by atoms with E-state index in [2.05, 4.69) is 9.71 Å². The Hall–Kier alpha value is -3.13. The van der Waals surface area contributed by atoms with Gasteiger partial charge < -0.3 is 9.47 Å². The van der Waals surface area contributed by atoms with Crippen LogP contribution >= 0.6 is 0 Å². The predicted octanol–water partition coefficient (Wildman–Crippen LogP) is 3.82. The third-order valence-electron chi connectivity index (χ3n) is 5.84. The van der Waals surface area contributed by atoms with Gasteiger partial charge in [-0.25, -0.2) is 13.4 Å². The lowest BCUT2D eigenvalue weighted by atomic mass is 10.1. The summed E-state index contributed by atoms with van der Waals surface area (Å²) in [5.41, 5.74) is 2.89. The van der Waals surface area contributed by atoms with Crippen molar-refractivity contribution in [3.8, 4) is 0 Å². The molecule has 2 aromatic carbocycles. The molecule has 1 aromatic heterocycles. The molecule has 3 aromatic rings. The van der Waals surface area contributed by atoms with Gasteiger partial charge in [0.15, 0.2) is 0 Å². The molecule has 1 aliphatic heterocycles. The van der Waals surface area contributed by atoms with Crippen molar-refractivity contribution in [3.05, 3.63) is 77.4 Å². The highest BCUT2D eigenvalue weighted by Crippen LogP contribution is 2.32. The normalized spacial score (nSPS) is 16.5. The SMILES string of the molecule is Cc1ccc(S(=O)(=O)Nc2ccc(C(=O)N3CCCC3c3nccn3C)cc2)cc1C. The van der Waals surface area contributed by atoms with Gasteiger partial charge in [-0.2, -0.15) is 0 Å². The number of rotatable bonds is 5. The van der Waals surface area contributed by atoms with Gasteiger partial charge >= 0.3 is 0 Å². The van der Waals surface area contributed by atoms with Gasteiger partial charge in [0.05, 0.1) is 10.9 Å². The molecule has 1 saturated heterocycles. The van der Waals surface area contributed by atoms with Gasteiger partial charge in [0, 0.05) is 37.2 Å². The standard InChI is InChI=1S/C23H26N4O3S/c1-16-6-11-20(15-17(16)2)31(29,30)25-19-9-7-18(8-10-19)23(28)27-13-4-5-21(27)22-24-12-14-26(22)3/h6-12,14-15,21,25H,4-5,13H2,1-3H3. The van der Waals surface area contributed by atoms with Crippen LogP contribution in [0.2, 0.25) is 0 Å². The molecule has 4 rings (SSSR count). The molecule has 7 nitrogen and oxygen atoms in total. The molecule has 0 saturated carbocycles. The number of nitrogens with one attached hydrogen (secondary N) is 1. The van der Waals surface area contributed by atoms with Gasteiger partial charge in [-0.3, -0.25) is 9.52 Å². The monoisotopic (exact) mass is 438 g/mol. The fraction of sp³-hybridized carbons (Fsp3) is 0.304. The van der Waals surface area contributed by atoms with Crippen LogP contribution in [0.3, 0.4) is 0 Å². The molecule has 0 bridgehead atoms. The molecular weight excluding hydrogens is 412 g/mol. The van der Waals surface area contributed by atoms with E-state index in [9.17, 15) is 13.2 Å². The highest BCUT2D eigenvalue weighted by molar-refractivity contribution is 7.92. The quantitative estimate of drug-likeness (QED) is 0.656. The molecule has 0 spiro atoms. The minimum absolute atomic E-state index is 0.0459. The van der Waals surface area contributed by atoms with E-state index in [0.29, 0.717) is 17.8 Å². The van der Waals surface area contributed by atoms with Crippen LogP contribution < -0.4 is 4.72 Å². The number of benzene rings is 2. The minimum Gasteiger partial charge on any atom is -0.336 e. The first kappa shape index (κ1) is 21.1. The third kappa shape index (κ3) is 4.20. The lowest BCUT2D eigenvalue weighted by molar-refractivity contribution is 0.0728. The van der Waals surface area contributed by atoms with Crippen LogP contribution in [0.25, 0.3) is 0 Å². The summed E-state index contributed by atoms with van der Waals surface area (Å²) in [6.07, 6.45) is 5.43. The van der Waals surface area contributed by atoms with E-state index in [0.717, 1.165) is 29.8 Å². The molecule has 2 heterocycles. The number of nitrogens with zero attached hydrogens (tertiary/aromatic N) is 3. The Bertz CT molecular complexity index is 1220. The first-order valence-corrected chi connectivity index (χ1v) is 11.7. The maximum Gasteiger partial charge on any atom is 0.261 e. The van der Waals surface area contributed by atoms with E-state index in [-0.39, 0.29) is 16.8 Å². The molecular formula is C23H26N4O3S. The Morgan fingerprint density at radius 3 is 2.48 bits per heavy atom. The Labute approximate surface area is 182 Å². The summed E-state index contributed by atoms with van der Waals surface area (Å²) in [6.45, 7) is 4.50. The van der Waals surface area contributed by atoms with Crippen LogP contribution in [0.15, 0.2) is 59.8 Å². The number of hydrogen-bond donors (Lipinski definition) is 1. The van der Waals surface area contributed by atoms with Crippen LogP contribution in [-0.4, -0.2) is 35.3 Å². The zero-order chi connectivity index (χ0) is 22.2. The fourth-order valence-corrected chi connectivity index (χ4v) is 5.06. The largest absolute Gasteiger partial charge is 0.336 e. The van der Waals surface area contributed by atoms with Crippen molar-refractivity contribution >= 4 is 21.6 Å². The zero-order valence-electron chi connectivity index (χ0n) is 17.9. The van der Waals surface area contributed by atoms with Crippen molar-refractivity contribution in [1.29, 1.82) is 0 Å². The Morgan fingerprint density at radius 1 is 1.10 bits per heavy atom. The van der Waals surface area contributed by atoms with Gasteiger partial charge in [-0.1, -0.05) is 6.07 Å². The second-order valence-corrected chi connectivity index (χ2v) is 9.66. The number of likely N-dealkylation sites (tertiary alicyclic amines) is 1. The van der Waals surface area contributed by atoms with Gasteiger partial charge in [0.2, 0.25) is 0 Å². The Kier molecular flexibility index (Phi) is 5.58. The van der Waals surface area contributed by atoms with Crippen molar-refractivity contribution in [2.75, 3.05) is 11.3 Å². The molecule has 1 fully saturated rings. The van der Waals surface area contributed by atoms with Crippen molar-refractivity contribution in [3.63, 3.8) is 0 Å².